The Balaban J connectivity index is 0.000000141. The number of halogens is 13. The summed E-state index contributed by atoms with van der Waals surface area (Å²) in [5.74, 6) is -9.33. The highest BCUT2D eigenvalue weighted by Gasteiger charge is 2.51. The lowest BCUT2D eigenvalue weighted by Gasteiger charge is -2.43. The van der Waals surface area contributed by atoms with Crippen molar-refractivity contribution in [3.8, 4) is 11.5 Å². The number of aromatic hydroxyl groups is 1. The maximum atomic E-state index is 15.5. The third kappa shape index (κ3) is 21.0. The number of methoxy groups -OCH3 is 1. The third-order valence-electron chi connectivity index (χ3n) is 24.8. The van der Waals surface area contributed by atoms with Crippen LogP contribution in [0.2, 0.25) is 0 Å². The summed E-state index contributed by atoms with van der Waals surface area (Å²) in [6.07, 6.45) is 13.7. The number of benzene rings is 8. The molecule has 0 amide bonds. The molecule has 1 fully saturated rings. The molecular formula is C104H105F13N8O6. The van der Waals surface area contributed by atoms with Crippen molar-refractivity contribution in [1.29, 1.82) is 0 Å². The number of aromatic nitrogens is 4. The normalized spacial score (nSPS) is 20.1. The summed E-state index contributed by atoms with van der Waals surface area (Å²) in [7, 11) is 1.58. The van der Waals surface area contributed by atoms with E-state index in [1.54, 1.807) is 37.1 Å². The number of nitrogens with zero attached hydrogens (tertiary/aromatic N) is 4. The number of nitrogens with one attached hydrogen (secondary N) is 4. The smallest absolute Gasteiger partial charge is 0.257 e. The summed E-state index contributed by atoms with van der Waals surface area (Å²) < 4.78 is 201. The Labute approximate surface area is 751 Å². The molecule has 0 saturated heterocycles. The molecule has 14 nitrogen and oxygen atoms in total. The average molecular weight is 1810 g/mol. The molecule has 5 N–H and O–H groups in total. The van der Waals surface area contributed by atoms with Crippen LogP contribution < -0.4 is 4.74 Å². The number of hydrogen-bond acceptors (Lipinski definition) is 10. The number of fused-ring (bicyclic) bond motifs is 12. The minimum Gasteiger partial charge on any atom is -0.508 e. The van der Waals surface area contributed by atoms with Gasteiger partial charge in [0, 0.05) is 145 Å². The van der Waals surface area contributed by atoms with Crippen molar-refractivity contribution in [3.63, 3.8) is 0 Å². The maximum absolute atomic E-state index is 15.5. The van der Waals surface area contributed by atoms with E-state index in [0.717, 1.165) is 90.6 Å². The Morgan fingerprint density at radius 2 is 0.687 bits per heavy atom. The van der Waals surface area contributed by atoms with Gasteiger partial charge < -0.3 is 29.8 Å². The number of carbonyl (C=O) groups is 4. The van der Waals surface area contributed by atoms with Crippen LogP contribution >= 0.6 is 0 Å². The first-order valence-corrected chi connectivity index (χ1v) is 43.6. The Morgan fingerprint density at radius 1 is 0.397 bits per heavy atom. The lowest BCUT2D eigenvalue weighted by Crippen LogP contribution is -2.48. The molecule has 0 radical (unpaired) electrons. The second kappa shape index (κ2) is 37.8. The summed E-state index contributed by atoms with van der Waals surface area (Å²) in [5, 5.41) is 13.7. The molecule has 131 heavy (non-hydrogen) atoms. The van der Waals surface area contributed by atoms with E-state index in [1.165, 1.54) is 145 Å². The van der Waals surface area contributed by atoms with E-state index in [1.807, 2.05) is 97.3 Å². The standard InChI is InChI=1S/C27H29F3N2O2.C26H27F3N2O2.C26H25F3N2O.C25H24F4N2O/c1-15-10-20-19-9-8-18(34-5)13-23(19)31-25(20)26(32(15)14-27(3,4)30)24-21(28)11-17(12-22(24)29)7-6-16(2)33;1-14-9-19-18-12-17(33)7-8-22(18)30-24(19)25(31(14)13-26(3,4)29)23-20(27)10-16(11-21(23)28)6-5-15(2)32;1-15-11-19-18-5-3-4-6-22(18)30-24(19)25(31(15)14-26(29)9-10-26)23-20(27)12-17(13-21(23)28)8-7-16(2)32;1-14-10-18-17-6-4-5-7-21(17)30-23(18)24(31(14)13-25(3,28)29)22-19(26)11-16(12-20(22)27)9-8-15(2)32/h6-9,11-13,15,26,31H,10,14H2,1-5H3;5-8,10-12,14,25,30,33H,9,13H2,1-4H3;3-8,12-13,15,25,30H,9-11,14H2,1-2H3;4-9,11-12,14,24,30H,10,13H2,1-3H3/b7-6+;6-5+;8-7+;9-8+/t;;15-,25-;14-,24-/m..11/s1. The van der Waals surface area contributed by atoms with E-state index < -0.39 is 100 Å². The number of phenols is 1. The van der Waals surface area contributed by atoms with Crippen LogP contribution in [0.25, 0.3) is 67.9 Å². The zero-order chi connectivity index (χ0) is 94.7. The molecule has 0 bridgehead atoms. The fourth-order valence-electron chi connectivity index (χ4n) is 19.0. The first-order valence-electron chi connectivity index (χ1n) is 43.6. The number of phenolic OH excluding ortho intramolecular Hbond substituents is 1. The SMILES string of the molecule is CC(=O)/C=C/c1cc(F)c(C2c3[nH]c4ccc(O)cc4c3CC(C)N2CC(C)(C)F)c(F)c1.CC(=O)/C=C/c1cc(F)c([C@@H]2c3[nH]c4ccccc4c3C[C@@H](C)N2CC(C)(F)F)c(F)c1.CC(=O)/C=C/c1cc(F)c([C@@H]2c3[nH]c4ccccc4c3C[C@@H](C)N2CC2(F)CC2)c(F)c1.COc1ccc2c3c([nH]c2c1)C(c1c(F)cc(/C=C/C(C)=O)cc1F)N(CC(C)(C)F)C(C)C3. The number of carbonyl (C=O) groups excluding carboxylic acids is 4. The van der Waals surface area contributed by atoms with E-state index in [2.05, 4.69) is 19.9 Å². The van der Waals surface area contributed by atoms with Gasteiger partial charge in [-0.15, -0.1) is 0 Å². The van der Waals surface area contributed by atoms with Gasteiger partial charge in [-0.05, 0) is 281 Å². The molecular weight excluding hydrogens is 1700 g/mol. The van der Waals surface area contributed by atoms with E-state index in [0.29, 0.717) is 61.4 Å². The molecule has 688 valence electrons. The number of alkyl halides is 5. The minimum atomic E-state index is -3.05. The van der Waals surface area contributed by atoms with Gasteiger partial charge in [0.05, 0.1) is 37.8 Å². The van der Waals surface area contributed by atoms with E-state index in [9.17, 15) is 46.2 Å². The van der Waals surface area contributed by atoms with Crippen molar-refractivity contribution in [2.75, 3.05) is 33.3 Å². The fraction of sp³-hybridized carbons (Fsp3) is 0.346. The van der Waals surface area contributed by atoms with Crippen LogP contribution in [-0.4, -0.2) is 148 Å². The fourth-order valence-corrected chi connectivity index (χ4v) is 19.0. The highest BCUT2D eigenvalue weighted by atomic mass is 19.3. The number of ether oxygens (including phenoxy) is 1. The number of H-pyrrole nitrogens is 4. The van der Waals surface area contributed by atoms with Crippen LogP contribution in [0.1, 0.15) is 217 Å². The highest BCUT2D eigenvalue weighted by molar-refractivity contribution is 5.94. The van der Waals surface area contributed by atoms with E-state index in [-0.39, 0.29) is 117 Å². The molecule has 4 aromatic heterocycles. The number of ketones is 4. The van der Waals surface area contributed by atoms with Gasteiger partial charge in [-0.25, -0.2) is 57.1 Å². The predicted octanol–water partition coefficient (Wildman–Crippen LogP) is 23.9. The molecule has 12 aromatic rings. The van der Waals surface area contributed by atoms with Gasteiger partial charge >= 0.3 is 0 Å². The molecule has 1 aliphatic carbocycles. The van der Waals surface area contributed by atoms with Crippen molar-refractivity contribution >= 4 is 91.0 Å². The quantitative estimate of drug-likeness (QED) is 0.0344. The monoisotopic (exact) mass is 1810 g/mol. The van der Waals surface area contributed by atoms with Crippen LogP contribution in [0, 0.1) is 46.5 Å². The average Bonchev–Trinajstić information content (AvgIpc) is 1.62. The van der Waals surface area contributed by atoms with Crippen LogP contribution in [0.3, 0.4) is 0 Å². The Hall–Kier alpha value is -11.9. The first-order chi connectivity index (χ1) is 61.7. The second-order valence-electron chi connectivity index (χ2n) is 36.8. The molecule has 4 unspecified atom stereocenters. The van der Waals surface area contributed by atoms with Gasteiger partial charge in [-0.2, -0.15) is 0 Å². The lowest BCUT2D eigenvalue weighted by molar-refractivity contribution is -0.113. The molecule has 1 saturated carbocycles. The molecule has 8 aromatic carbocycles. The van der Waals surface area contributed by atoms with Crippen molar-refractivity contribution in [2.45, 2.75) is 200 Å². The topological polar surface area (TPSA) is 174 Å². The van der Waals surface area contributed by atoms with Crippen molar-refractivity contribution < 1.29 is 86.1 Å². The summed E-state index contributed by atoms with van der Waals surface area (Å²) >= 11 is 0. The molecule has 8 atom stereocenters. The number of aromatic amines is 4. The molecule has 0 spiro atoms. The highest BCUT2D eigenvalue weighted by Crippen LogP contribution is 2.51. The summed E-state index contributed by atoms with van der Waals surface area (Å²) in [5.41, 5.74) is 5.21. The van der Waals surface area contributed by atoms with Crippen molar-refractivity contribution in [1.82, 2.24) is 39.5 Å². The number of allylic oxidation sites excluding steroid dienone is 4. The molecule has 27 heteroatoms. The number of para-hydroxylation sites is 2. The van der Waals surface area contributed by atoms with Crippen LogP contribution in [0.4, 0.5) is 57.1 Å². The molecule has 5 aliphatic rings. The maximum Gasteiger partial charge on any atom is 0.257 e. The van der Waals surface area contributed by atoms with Gasteiger partial charge in [0.25, 0.3) is 5.92 Å². The minimum absolute atomic E-state index is 0.00182. The zero-order valence-corrected chi connectivity index (χ0v) is 75.2. The number of rotatable bonds is 21. The molecule has 17 rings (SSSR count). The Bertz CT molecular complexity index is 6260. The van der Waals surface area contributed by atoms with Gasteiger partial charge in [0.15, 0.2) is 23.1 Å². The molecule has 8 heterocycles. The zero-order valence-electron chi connectivity index (χ0n) is 75.2. The summed E-state index contributed by atoms with van der Waals surface area (Å²) in [6, 6.07) is 31.0. The largest absolute Gasteiger partial charge is 0.508 e. The van der Waals surface area contributed by atoms with Crippen LogP contribution in [-0.2, 0) is 44.9 Å². The first kappa shape index (κ1) is 95.2. The van der Waals surface area contributed by atoms with Gasteiger partial charge in [-0.3, -0.25) is 38.8 Å². The number of hydrogen-bond donors (Lipinski definition) is 5. The lowest BCUT2D eigenvalue weighted by atomic mass is 9.87. The Morgan fingerprint density at radius 3 is 1.00 bits per heavy atom. The predicted molar refractivity (Wildman–Crippen MR) is 487 cm³/mol. The summed E-state index contributed by atoms with van der Waals surface area (Å²) in [6.45, 7) is 19.2. The van der Waals surface area contributed by atoms with Crippen LogP contribution in [0.15, 0.2) is 158 Å². The Kier molecular flexibility index (Phi) is 27.4. The van der Waals surface area contributed by atoms with E-state index in [4.69, 9.17) is 4.74 Å². The second-order valence-corrected chi connectivity index (χ2v) is 36.8. The van der Waals surface area contributed by atoms with Gasteiger partial charge in [0.2, 0.25) is 0 Å². The van der Waals surface area contributed by atoms with E-state index >= 15 is 35.1 Å². The van der Waals surface area contributed by atoms with Gasteiger partial charge in [-0.1, -0.05) is 60.7 Å². The van der Waals surface area contributed by atoms with Crippen molar-refractivity contribution in [2.24, 2.45) is 0 Å². The van der Waals surface area contributed by atoms with Crippen molar-refractivity contribution in [3.05, 3.63) is 294 Å². The van der Waals surface area contributed by atoms with Gasteiger partial charge in [0.1, 0.15) is 75.0 Å². The van der Waals surface area contributed by atoms with Crippen LogP contribution in [0.5, 0.6) is 11.5 Å². The molecule has 4 aliphatic heterocycles. The summed E-state index contributed by atoms with van der Waals surface area (Å²) in [4.78, 5) is 65.1. The third-order valence-corrected chi connectivity index (χ3v) is 24.8.